The van der Waals surface area contributed by atoms with Crippen LogP contribution in [0.1, 0.15) is 12.5 Å². The first-order chi connectivity index (χ1) is 7.27. The molecule has 4 nitrogen and oxygen atoms in total. The summed E-state index contributed by atoms with van der Waals surface area (Å²) in [5.74, 6) is 0.835. The number of nitrogens with one attached hydrogen (secondary N) is 2. The fourth-order valence-corrected chi connectivity index (χ4v) is 1.40. The predicted molar refractivity (Wildman–Crippen MR) is 61.0 cm³/mol. The molecule has 15 heavy (non-hydrogen) atoms. The Balaban J connectivity index is 2.49. The molecule has 1 aromatic rings. The van der Waals surface area contributed by atoms with Crippen molar-refractivity contribution in [3.05, 3.63) is 24.0 Å². The maximum Gasteiger partial charge on any atom is 0.141 e. The van der Waals surface area contributed by atoms with E-state index in [1.165, 1.54) is 0 Å². The van der Waals surface area contributed by atoms with E-state index in [-0.39, 0.29) is 0 Å². The Morgan fingerprint density at radius 2 is 2.33 bits per heavy atom. The molecule has 0 aromatic carbocycles. The van der Waals surface area contributed by atoms with Crippen molar-refractivity contribution in [2.75, 3.05) is 20.7 Å². The highest BCUT2D eigenvalue weighted by Crippen LogP contribution is 2.14. The van der Waals surface area contributed by atoms with E-state index >= 15 is 0 Å². The fourth-order valence-electron chi connectivity index (χ4n) is 1.40. The van der Waals surface area contributed by atoms with E-state index in [0.29, 0.717) is 6.04 Å². The van der Waals surface area contributed by atoms with Gasteiger partial charge in [0, 0.05) is 30.9 Å². The predicted octanol–water partition coefficient (Wildman–Crippen LogP) is 0.788. The zero-order valence-corrected chi connectivity index (χ0v) is 9.58. The van der Waals surface area contributed by atoms with E-state index in [9.17, 15) is 0 Å². The second kappa shape index (κ2) is 6.37. The minimum atomic E-state index is 0.438. The molecule has 0 fully saturated rings. The Morgan fingerprint density at radius 3 is 3.00 bits per heavy atom. The van der Waals surface area contributed by atoms with Crippen molar-refractivity contribution in [1.82, 2.24) is 15.6 Å². The third-order valence-electron chi connectivity index (χ3n) is 2.24. The van der Waals surface area contributed by atoms with E-state index in [2.05, 4.69) is 22.5 Å². The average molecular weight is 209 g/mol. The number of ether oxygens (including phenoxy) is 1. The number of aromatic nitrogens is 1. The summed E-state index contributed by atoms with van der Waals surface area (Å²) >= 11 is 0. The van der Waals surface area contributed by atoms with Crippen LogP contribution in [0.15, 0.2) is 18.5 Å². The monoisotopic (exact) mass is 209 g/mol. The van der Waals surface area contributed by atoms with Crippen molar-refractivity contribution in [3.63, 3.8) is 0 Å². The van der Waals surface area contributed by atoms with E-state index in [4.69, 9.17) is 4.74 Å². The van der Waals surface area contributed by atoms with Crippen molar-refractivity contribution in [2.45, 2.75) is 19.5 Å². The van der Waals surface area contributed by atoms with Crippen LogP contribution in [0, 0.1) is 0 Å². The van der Waals surface area contributed by atoms with Crippen LogP contribution in [-0.2, 0) is 6.54 Å². The summed E-state index contributed by atoms with van der Waals surface area (Å²) in [6.07, 6.45) is 3.52. The number of methoxy groups -OCH3 is 1. The molecule has 0 amide bonds. The molecule has 0 saturated heterocycles. The SMILES string of the molecule is CNCC(C)NCc1ccncc1OC. The summed E-state index contributed by atoms with van der Waals surface area (Å²) in [6.45, 7) is 3.89. The van der Waals surface area contributed by atoms with Crippen molar-refractivity contribution in [1.29, 1.82) is 0 Å². The largest absolute Gasteiger partial charge is 0.495 e. The van der Waals surface area contributed by atoms with Crippen LogP contribution < -0.4 is 15.4 Å². The van der Waals surface area contributed by atoms with Gasteiger partial charge in [-0.25, -0.2) is 0 Å². The van der Waals surface area contributed by atoms with Crippen LogP contribution in [0.25, 0.3) is 0 Å². The van der Waals surface area contributed by atoms with E-state index in [1.54, 1.807) is 19.5 Å². The molecule has 1 unspecified atom stereocenters. The summed E-state index contributed by atoms with van der Waals surface area (Å²) < 4.78 is 5.22. The van der Waals surface area contributed by atoms with Crippen molar-refractivity contribution in [3.8, 4) is 5.75 Å². The van der Waals surface area contributed by atoms with Gasteiger partial charge in [-0.2, -0.15) is 0 Å². The molecule has 4 heteroatoms. The van der Waals surface area contributed by atoms with E-state index in [1.807, 2.05) is 13.1 Å². The standard InChI is InChI=1S/C11H19N3O/c1-9(6-12-2)14-7-10-4-5-13-8-11(10)15-3/h4-5,8-9,12,14H,6-7H2,1-3H3. The molecule has 0 spiro atoms. The third kappa shape index (κ3) is 3.85. The zero-order valence-electron chi connectivity index (χ0n) is 9.58. The maximum atomic E-state index is 5.22. The van der Waals surface area contributed by atoms with Gasteiger partial charge in [0.2, 0.25) is 0 Å². The van der Waals surface area contributed by atoms with Crippen LogP contribution in [0.3, 0.4) is 0 Å². The molecule has 0 aliphatic heterocycles. The highest BCUT2D eigenvalue weighted by molar-refractivity contribution is 5.29. The van der Waals surface area contributed by atoms with Crippen LogP contribution in [0.4, 0.5) is 0 Å². The first kappa shape index (κ1) is 11.9. The van der Waals surface area contributed by atoms with Crippen LogP contribution in [0.5, 0.6) is 5.75 Å². The molecule has 0 aliphatic rings. The molecule has 0 aliphatic carbocycles. The summed E-state index contributed by atoms with van der Waals surface area (Å²) in [4.78, 5) is 4.01. The summed E-state index contributed by atoms with van der Waals surface area (Å²) in [5.41, 5.74) is 1.13. The molecule has 84 valence electrons. The van der Waals surface area contributed by atoms with Gasteiger partial charge in [0.1, 0.15) is 5.75 Å². The van der Waals surface area contributed by atoms with Crippen molar-refractivity contribution in [2.24, 2.45) is 0 Å². The molecule has 0 bridgehead atoms. The maximum absolute atomic E-state index is 5.22. The molecular weight excluding hydrogens is 190 g/mol. The lowest BCUT2D eigenvalue weighted by molar-refractivity contribution is 0.403. The van der Waals surface area contributed by atoms with Gasteiger partial charge in [0.15, 0.2) is 0 Å². The number of pyridine rings is 1. The van der Waals surface area contributed by atoms with E-state index < -0.39 is 0 Å². The van der Waals surface area contributed by atoms with Gasteiger partial charge in [-0.05, 0) is 20.0 Å². The molecule has 1 rings (SSSR count). The van der Waals surface area contributed by atoms with Crippen LogP contribution >= 0.6 is 0 Å². The summed E-state index contributed by atoms with van der Waals surface area (Å²) in [7, 11) is 3.61. The Hall–Kier alpha value is -1.13. The second-order valence-corrected chi connectivity index (χ2v) is 3.53. The number of rotatable bonds is 6. The first-order valence-corrected chi connectivity index (χ1v) is 5.12. The Kier molecular flexibility index (Phi) is 5.07. The summed E-state index contributed by atoms with van der Waals surface area (Å²) in [5, 5.41) is 6.53. The Labute approximate surface area is 91.1 Å². The third-order valence-corrected chi connectivity index (χ3v) is 2.24. The average Bonchev–Trinajstić information content (AvgIpc) is 2.27. The number of hydrogen-bond acceptors (Lipinski definition) is 4. The normalized spacial score (nSPS) is 12.5. The molecule has 1 atom stereocenters. The lowest BCUT2D eigenvalue weighted by Crippen LogP contribution is -2.34. The lowest BCUT2D eigenvalue weighted by Gasteiger charge is -2.14. The van der Waals surface area contributed by atoms with Crippen molar-refractivity contribution >= 4 is 0 Å². The highest BCUT2D eigenvalue weighted by Gasteiger charge is 2.04. The van der Waals surface area contributed by atoms with E-state index in [0.717, 1.165) is 24.4 Å². The van der Waals surface area contributed by atoms with Gasteiger partial charge in [-0.15, -0.1) is 0 Å². The van der Waals surface area contributed by atoms with Gasteiger partial charge in [0.25, 0.3) is 0 Å². The minimum Gasteiger partial charge on any atom is -0.495 e. The summed E-state index contributed by atoms with van der Waals surface area (Å²) in [6, 6.07) is 2.41. The molecule has 0 saturated carbocycles. The number of likely N-dealkylation sites (N-methyl/N-ethyl adjacent to an activating group) is 1. The van der Waals surface area contributed by atoms with Crippen molar-refractivity contribution < 1.29 is 4.74 Å². The molecule has 1 heterocycles. The zero-order chi connectivity index (χ0) is 11.1. The topological polar surface area (TPSA) is 46.2 Å². The molecular formula is C11H19N3O. The Morgan fingerprint density at radius 1 is 1.53 bits per heavy atom. The first-order valence-electron chi connectivity index (χ1n) is 5.12. The Bertz CT molecular complexity index is 291. The molecule has 1 aromatic heterocycles. The highest BCUT2D eigenvalue weighted by atomic mass is 16.5. The number of nitrogens with zero attached hydrogens (tertiary/aromatic N) is 1. The second-order valence-electron chi connectivity index (χ2n) is 3.53. The van der Waals surface area contributed by atoms with Gasteiger partial charge in [0.05, 0.1) is 13.3 Å². The van der Waals surface area contributed by atoms with Crippen LogP contribution in [0.2, 0.25) is 0 Å². The molecule has 2 N–H and O–H groups in total. The van der Waals surface area contributed by atoms with Gasteiger partial charge in [-0.1, -0.05) is 0 Å². The van der Waals surface area contributed by atoms with Gasteiger partial charge < -0.3 is 15.4 Å². The fraction of sp³-hybridized carbons (Fsp3) is 0.545. The smallest absolute Gasteiger partial charge is 0.141 e. The van der Waals surface area contributed by atoms with Gasteiger partial charge in [-0.3, -0.25) is 4.98 Å². The van der Waals surface area contributed by atoms with Crippen LogP contribution in [-0.4, -0.2) is 31.7 Å². The lowest BCUT2D eigenvalue weighted by atomic mass is 10.2. The quantitative estimate of drug-likeness (QED) is 0.727. The molecule has 0 radical (unpaired) electrons. The van der Waals surface area contributed by atoms with Gasteiger partial charge >= 0.3 is 0 Å². The number of hydrogen-bond donors (Lipinski definition) is 2. The minimum absolute atomic E-state index is 0.438.